The van der Waals surface area contributed by atoms with E-state index in [0.29, 0.717) is 0 Å². The number of aliphatic imine (C=N–C) groups is 1. The Bertz CT molecular complexity index is 790. The summed E-state index contributed by atoms with van der Waals surface area (Å²) >= 11 is 0. The van der Waals surface area contributed by atoms with Crippen LogP contribution in [0.5, 0.6) is 0 Å². The van der Waals surface area contributed by atoms with Gasteiger partial charge in [0.1, 0.15) is 11.6 Å². The van der Waals surface area contributed by atoms with Crippen molar-refractivity contribution in [3.63, 3.8) is 0 Å². The van der Waals surface area contributed by atoms with Gasteiger partial charge in [0.15, 0.2) is 5.96 Å². The molecule has 2 aliphatic heterocycles. The molecule has 2 aliphatic rings. The van der Waals surface area contributed by atoms with Crippen LogP contribution in [0.15, 0.2) is 47.6 Å². The summed E-state index contributed by atoms with van der Waals surface area (Å²) in [5, 5.41) is 6.63. The lowest BCUT2D eigenvalue weighted by Gasteiger charge is -2.36. The maximum absolute atomic E-state index is 13.1. The first-order chi connectivity index (χ1) is 13.3. The van der Waals surface area contributed by atoms with Gasteiger partial charge in [-0.15, -0.1) is 24.0 Å². The molecule has 0 atom stereocenters. The molecule has 0 unspecified atom stereocenters. The van der Waals surface area contributed by atoms with E-state index in [1.165, 1.54) is 17.7 Å². The van der Waals surface area contributed by atoms with Crippen molar-refractivity contribution < 1.29 is 4.39 Å². The molecular formula is C20H26FIN6. The SMILES string of the molecule is Fc1ccc(N2CCN(c3cc(CNC4=NCCCN4)ccn3)CC2)cc1.I. The Hall–Kier alpha value is -2.10. The minimum Gasteiger partial charge on any atom is -0.368 e. The van der Waals surface area contributed by atoms with Crippen LogP contribution in [0.1, 0.15) is 12.0 Å². The summed E-state index contributed by atoms with van der Waals surface area (Å²) in [6, 6.07) is 10.9. The molecule has 0 bridgehead atoms. The van der Waals surface area contributed by atoms with E-state index >= 15 is 0 Å². The molecule has 0 saturated carbocycles. The number of rotatable bonds is 4. The zero-order valence-electron chi connectivity index (χ0n) is 15.8. The minimum atomic E-state index is -0.193. The first-order valence-corrected chi connectivity index (χ1v) is 9.50. The van der Waals surface area contributed by atoms with Crippen LogP contribution in [0.25, 0.3) is 0 Å². The second-order valence-corrected chi connectivity index (χ2v) is 6.84. The summed E-state index contributed by atoms with van der Waals surface area (Å²) in [5.74, 6) is 1.69. The first kappa shape index (κ1) is 20.6. The van der Waals surface area contributed by atoms with Gasteiger partial charge in [-0.1, -0.05) is 0 Å². The van der Waals surface area contributed by atoms with Crippen molar-refractivity contribution in [3.05, 3.63) is 54.0 Å². The number of nitrogens with zero attached hydrogens (tertiary/aromatic N) is 4. The van der Waals surface area contributed by atoms with Crippen molar-refractivity contribution in [1.82, 2.24) is 15.6 Å². The molecule has 6 nitrogen and oxygen atoms in total. The van der Waals surface area contributed by atoms with Gasteiger partial charge in [-0.05, 0) is 48.4 Å². The molecule has 2 aromatic rings. The third-order valence-electron chi connectivity index (χ3n) is 4.96. The summed E-state index contributed by atoms with van der Waals surface area (Å²) in [6.07, 6.45) is 2.96. The van der Waals surface area contributed by atoms with Crippen LogP contribution in [0.4, 0.5) is 15.9 Å². The molecule has 0 aliphatic carbocycles. The van der Waals surface area contributed by atoms with E-state index < -0.39 is 0 Å². The molecule has 28 heavy (non-hydrogen) atoms. The number of benzene rings is 1. The highest BCUT2D eigenvalue weighted by Gasteiger charge is 2.18. The van der Waals surface area contributed by atoms with Crippen LogP contribution in [-0.4, -0.2) is 50.2 Å². The number of pyridine rings is 1. The quantitative estimate of drug-likeness (QED) is 0.638. The fourth-order valence-electron chi connectivity index (χ4n) is 3.43. The Morgan fingerprint density at radius 3 is 2.50 bits per heavy atom. The van der Waals surface area contributed by atoms with Crippen LogP contribution < -0.4 is 20.4 Å². The van der Waals surface area contributed by atoms with E-state index in [4.69, 9.17) is 0 Å². The van der Waals surface area contributed by atoms with E-state index in [1.54, 1.807) is 0 Å². The Morgan fingerprint density at radius 2 is 1.79 bits per heavy atom. The van der Waals surface area contributed by atoms with Crippen molar-refractivity contribution in [1.29, 1.82) is 0 Å². The number of hydrogen-bond acceptors (Lipinski definition) is 6. The van der Waals surface area contributed by atoms with Gasteiger partial charge in [-0.25, -0.2) is 9.37 Å². The number of aromatic nitrogens is 1. The topological polar surface area (TPSA) is 55.8 Å². The lowest BCUT2D eigenvalue weighted by molar-refractivity contribution is 0.624. The Balaban J connectivity index is 0.00000225. The number of halogens is 2. The predicted molar refractivity (Wildman–Crippen MR) is 122 cm³/mol. The molecule has 0 amide bonds. The van der Waals surface area contributed by atoms with E-state index in [-0.39, 0.29) is 29.8 Å². The number of anilines is 2. The Morgan fingerprint density at radius 1 is 1.04 bits per heavy atom. The molecule has 2 N–H and O–H groups in total. The molecule has 0 radical (unpaired) electrons. The van der Waals surface area contributed by atoms with Crippen molar-refractivity contribution in [2.45, 2.75) is 13.0 Å². The molecule has 1 aromatic carbocycles. The Kier molecular flexibility index (Phi) is 7.30. The minimum absolute atomic E-state index is 0. The van der Waals surface area contributed by atoms with Crippen molar-refractivity contribution in [2.75, 3.05) is 49.1 Å². The fourth-order valence-corrected chi connectivity index (χ4v) is 3.43. The van der Waals surface area contributed by atoms with Gasteiger partial charge in [0.05, 0.1) is 0 Å². The highest BCUT2D eigenvalue weighted by atomic mass is 127. The molecular weight excluding hydrogens is 470 g/mol. The van der Waals surface area contributed by atoms with Crippen LogP contribution in [0.2, 0.25) is 0 Å². The summed E-state index contributed by atoms with van der Waals surface area (Å²) < 4.78 is 13.1. The summed E-state index contributed by atoms with van der Waals surface area (Å²) in [5.41, 5.74) is 2.26. The van der Waals surface area contributed by atoms with Gasteiger partial charge in [-0.2, -0.15) is 0 Å². The van der Waals surface area contributed by atoms with Gasteiger partial charge >= 0.3 is 0 Å². The summed E-state index contributed by atoms with van der Waals surface area (Å²) in [6.45, 7) is 6.19. The second-order valence-electron chi connectivity index (χ2n) is 6.84. The molecule has 150 valence electrons. The molecule has 1 aromatic heterocycles. The standard InChI is InChI=1S/C20H25FN6.HI/c21-17-2-4-18(5-3-17)26-10-12-27(13-11-26)19-14-16(6-9-22-19)15-25-20-23-7-1-8-24-20;/h2-6,9,14H,1,7-8,10-13,15H2,(H2,23,24,25);1H. The van der Waals surface area contributed by atoms with Crippen molar-refractivity contribution in [3.8, 4) is 0 Å². The lowest BCUT2D eigenvalue weighted by Crippen LogP contribution is -2.46. The first-order valence-electron chi connectivity index (χ1n) is 9.50. The second kappa shape index (κ2) is 9.90. The molecule has 4 rings (SSSR count). The highest BCUT2D eigenvalue weighted by Crippen LogP contribution is 2.20. The summed E-state index contributed by atoms with van der Waals surface area (Å²) in [4.78, 5) is 13.6. The zero-order chi connectivity index (χ0) is 18.5. The van der Waals surface area contributed by atoms with Crippen LogP contribution >= 0.6 is 24.0 Å². The average molecular weight is 496 g/mol. The van der Waals surface area contributed by atoms with E-state index in [1.807, 2.05) is 24.4 Å². The third-order valence-corrected chi connectivity index (χ3v) is 4.96. The van der Waals surface area contributed by atoms with Crippen LogP contribution in [0.3, 0.4) is 0 Å². The zero-order valence-corrected chi connectivity index (χ0v) is 18.1. The molecule has 1 saturated heterocycles. The van der Waals surface area contributed by atoms with E-state index in [9.17, 15) is 4.39 Å². The van der Waals surface area contributed by atoms with E-state index in [2.05, 4.69) is 36.5 Å². The molecule has 1 fully saturated rings. The molecule has 3 heterocycles. The Labute approximate surface area is 182 Å². The van der Waals surface area contributed by atoms with Crippen molar-refractivity contribution in [2.24, 2.45) is 4.99 Å². The number of nitrogens with one attached hydrogen (secondary N) is 2. The smallest absolute Gasteiger partial charge is 0.191 e. The van der Waals surface area contributed by atoms with E-state index in [0.717, 1.165) is 69.7 Å². The summed E-state index contributed by atoms with van der Waals surface area (Å²) in [7, 11) is 0. The maximum Gasteiger partial charge on any atom is 0.191 e. The average Bonchev–Trinajstić information content (AvgIpc) is 2.74. The lowest BCUT2D eigenvalue weighted by atomic mass is 10.2. The van der Waals surface area contributed by atoms with Gasteiger partial charge in [0, 0.05) is 57.7 Å². The van der Waals surface area contributed by atoms with Crippen LogP contribution in [-0.2, 0) is 6.54 Å². The predicted octanol–water partition coefficient (Wildman–Crippen LogP) is 2.60. The normalized spacial score (nSPS) is 16.7. The largest absolute Gasteiger partial charge is 0.368 e. The molecule has 0 spiro atoms. The molecule has 8 heteroatoms. The van der Waals surface area contributed by atoms with Gasteiger partial charge < -0.3 is 20.4 Å². The van der Waals surface area contributed by atoms with Gasteiger partial charge in [0.25, 0.3) is 0 Å². The highest BCUT2D eigenvalue weighted by molar-refractivity contribution is 14.0. The third kappa shape index (κ3) is 5.24. The van der Waals surface area contributed by atoms with Crippen molar-refractivity contribution >= 4 is 41.4 Å². The fraction of sp³-hybridized carbons (Fsp3) is 0.400. The van der Waals surface area contributed by atoms with Crippen LogP contribution in [0, 0.1) is 5.82 Å². The maximum atomic E-state index is 13.1. The number of hydrogen-bond donors (Lipinski definition) is 2. The van der Waals surface area contributed by atoms with Gasteiger partial charge in [0.2, 0.25) is 0 Å². The number of piperazine rings is 1. The monoisotopic (exact) mass is 496 g/mol. The number of guanidine groups is 1. The van der Waals surface area contributed by atoms with Gasteiger partial charge in [-0.3, -0.25) is 4.99 Å².